The zero-order valence-corrected chi connectivity index (χ0v) is 17.0. The number of allylic oxidation sites excluding steroid dienone is 4. The monoisotopic (exact) mass is 409 g/mol. The first-order valence-corrected chi connectivity index (χ1v) is 9.36. The van der Waals surface area contributed by atoms with E-state index in [-0.39, 0.29) is 11.5 Å². The van der Waals surface area contributed by atoms with Crippen molar-refractivity contribution in [1.82, 2.24) is 4.57 Å². The summed E-state index contributed by atoms with van der Waals surface area (Å²) in [5.74, 6) is 3.44. The third-order valence-corrected chi connectivity index (χ3v) is 4.76. The van der Waals surface area contributed by atoms with E-state index in [1.54, 1.807) is 25.1 Å². The molecule has 1 heterocycles. The summed E-state index contributed by atoms with van der Waals surface area (Å²) >= 11 is 0. The van der Waals surface area contributed by atoms with Crippen molar-refractivity contribution < 1.29 is 24.2 Å². The lowest BCUT2D eigenvalue weighted by Crippen LogP contribution is -2.28. The molecule has 30 heavy (non-hydrogen) atoms. The number of fused-ring (bicyclic) bond motifs is 1. The Morgan fingerprint density at radius 3 is 2.60 bits per heavy atom. The molecule has 0 aliphatic heterocycles. The van der Waals surface area contributed by atoms with E-state index in [1.165, 1.54) is 0 Å². The Bertz CT molecular complexity index is 1130. The predicted molar refractivity (Wildman–Crippen MR) is 110 cm³/mol. The lowest BCUT2D eigenvalue weighted by molar-refractivity contribution is -0.375. The van der Waals surface area contributed by atoms with Gasteiger partial charge < -0.3 is 15.0 Å². The number of benzene rings is 1. The minimum absolute atomic E-state index is 0.113. The molecular weight excluding hydrogens is 386 g/mol. The van der Waals surface area contributed by atoms with Crippen LogP contribution in [0.1, 0.15) is 29.9 Å². The number of primary amides is 1. The molecular formula is C22H23N3O5. The van der Waals surface area contributed by atoms with Crippen molar-refractivity contribution in [3.8, 4) is 5.75 Å². The van der Waals surface area contributed by atoms with Gasteiger partial charge in [-0.05, 0) is 42.9 Å². The fraction of sp³-hybridized carbons (Fsp3) is 0.273. The second kappa shape index (κ2) is 8.97. The Kier molecular flexibility index (Phi) is 6.37. The first-order chi connectivity index (χ1) is 14.3. The molecule has 1 aliphatic carbocycles. The van der Waals surface area contributed by atoms with Crippen molar-refractivity contribution in [2.24, 2.45) is 17.5 Å². The Morgan fingerprint density at radius 2 is 2.00 bits per heavy atom. The third-order valence-electron chi connectivity index (χ3n) is 4.76. The summed E-state index contributed by atoms with van der Waals surface area (Å²) < 4.78 is 7.89. The van der Waals surface area contributed by atoms with E-state index in [4.69, 9.17) is 21.3 Å². The second-order valence-corrected chi connectivity index (χ2v) is 7.15. The Morgan fingerprint density at radius 1 is 1.23 bits per heavy atom. The van der Waals surface area contributed by atoms with Crippen LogP contribution in [-0.2, 0) is 21.2 Å². The maximum atomic E-state index is 12.7. The normalized spacial score (nSPS) is 13.7. The number of rotatable bonds is 9. The van der Waals surface area contributed by atoms with E-state index in [9.17, 15) is 9.59 Å². The number of carbonyl (C=O) groups is 2. The van der Waals surface area contributed by atoms with E-state index in [1.807, 2.05) is 36.6 Å². The lowest BCUT2D eigenvalue weighted by atomic mass is 10.1. The van der Waals surface area contributed by atoms with Crippen LogP contribution in [0.5, 0.6) is 5.75 Å². The number of ether oxygens (including phenoxy) is 1. The minimum atomic E-state index is -1.04. The molecule has 0 radical (unpaired) electrons. The number of ketones is 1. The largest absolute Gasteiger partial charge is 0.461 e. The minimum Gasteiger partial charge on any atom is -0.461 e. The predicted octanol–water partition coefficient (Wildman–Crippen LogP) is 2.61. The van der Waals surface area contributed by atoms with Crippen LogP contribution in [0.2, 0.25) is 0 Å². The fourth-order valence-corrected chi connectivity index (χ4v) is 3.30. The van der Waals surface area contributed by atoms with E-state index >= 15 is 0 Å². The molecule has 0 saturated heterocycles. The van der Waals surface area contributed by atoms with E-state index in [0.717, 1.165) is 5.57 Å². The summed E-state index contributed by atoms with van der Waals surface area (Å²) in [5, 5.41) is 0.469. The number of aromatic nitrogens is 1. The highest BCUT2D eigenvalue weighted by Crippen LogP contribution is 2.35. The second-order valence-electron chi connectivity index (χ2n) is 7.15. The molecule has 1 atom stereocenters. The van der Waals surface area contributed by atoms with Crippen LogP contribution in [0.4, 0.5) is 0 Å². The molecule has 0 bridgehead atoms. The van der Waals surface area contributed by atoms with E-state index in [2.05, 4.69) is 16.5 Å². The molecule has 1 aromatic carbocycles. The third kappa shape index (κ3) is 4.14. The van der Waals surface area contributed by atoms with Crippen LogP contribution in [0.15, 0.2) is 53.5 Å². The van der Waals surface area contributed by atoms with Gasteiger partial charge in [-0.1, -0.05) is 31.4 Å². The maximum Gasteiger partial charge on any atom is 0.289 e. The van der Waals surface area contributed by atoms with Crippen molar-refractivity contribution >= 4 is 22.6 Å². The maximum absolute atomic E-state index is 12.7. The molecule has 1 aromatic heterocycles. The SMILES string of the molecule is Cc1c(C(=O)C(N)=O)c2c(OC(OON)C(C)C)cccc2n1CC1=CC=C=C=C1. The van der Waals surface area contributed by atoms with Crippen LogP contribution in [0, 0.1) is 12.8 Å². The van der Waals surface area contributed by atoms with Crippen LogP contribution in [-0.4, -0.2) is 22.5 Å². The van der Waals surface area contributed by atoms with Crippen LogP contribution in [0.3, 0.4) is 0 Å². The standard InChI is InChI=1S/C22H23N3O5/c1-13(2)22(29-30-24)28-17-11-7-10-16-19(17)18(20(26)21(23)27)14(3)25(16)12-15-8-5-4-6-9-15/h5,7-11,13,22H,12,24H2,1-3H3,(H2,23,27). The summed E-state index contributed by atoms with van der Waals surface area (Å²) in [7, 11) is 0. The molecule has 1 unspecified atom stereocenters. The van der Waals surface area contributed by atoms with Gasteiger partial charge in [-0.3, -0.25) is 9.59 Å². The number of hydrogen-bond donors (Lipinski definition) is 2. The van der Waals surface area contributed by atoms with Gasteiger partial charge in [-0.25, -0.2) is 0 Å². The molecule has 1 amide bonds. The van der Waals surface area contributed by atoms with Gasteiger partial charge in [0.25, 0.3) is 11.7 Å². The van der Waals surface area contributed by atoms with Gasteiger partial charge in [0.15, 0.2) is 0 Å². The Hall–Kier alpha value is -3.38. The average Bonchev–Trinajstić information content (AvgIpc) is 3.00. The molecule has 8 heteroatoms. The molecule has 156 valence electrons. The van der Waals surface area contributed by atoms with Crippen LogP contribution >= 0.6 is 0 Å². The highest BCUT2D eigenvalue weighted by Gasteiger charge is 2.28. The highest BCUT2D eigenvalue weighted by atomic mass is 17.3. The summed E-state index contributed by atoms with van der Waals surface area (Å²) in [5.41, 5.74) is 13.5. The lowest BCUT2D eigenvalue weighted by Gasteiger charge is -2.21. The summed E-state index contributed by atoms with van der Waals surface area (Å²) in [6.07, 6.45) is 4.64. The van der Waals surface area contributed by atoms with Crippen molar-refractivity contribution in [1.29, 1.82) is 0 Å². The van der Waals surface area contributed by atoms with E-state index in [0.29, 0.717) is 28.9 Å². The summed E-state index contributed by atoms with van der Waals surface area (Å²) in [6, 6.07) is 5.32. The molecule has 8 nitrogen and oxygen atoms in total. The zero-order valence-electron chi connectivity index (χ0n) is 17.0. The zero-order chi connectivity index (χ0) is 21.8. The fourth-order valence-electron chi connectivity index (χ4n) is 3.30. The number of Topliss-reactive ketones (excluding diaryl/α,β-unsaturated/α-hetero) is 1. The number of nitrogens with two attached hydrogens (primary N) is 2. The van der Waals surface area contributed by atoms with Crippen molar-refractivity contribution in [2.45, 2.75) is 33.6 Å². The topological polar surface area (TPSA) is 119 Å². The quantitative estimate of drug-likeness (QED) is 0.164. The van der Waals surface area contributed by atoms with Gasteiger partial charge in [-0.15, -0.1) is 4.99 Å². The molecule has 2 aromatic rings. The van der Waals surface area contributed by atoms with Crippen molar-refractivity contribution in [3.63, 3.8) is 0 Å². The van der Waals surface area contributed by atoms with Gasteiger partial charge in [-0.2, -0.15) is 10.8 Å². The van der Waals surface area contributed by atoms with Crippen molar-refractivity contribution in [2.75, 3.05) is 0 Å². The van der Waals surface area contributed by atoms with Gasteiger partial charge in [0.2, 0.25) is 6.29 Å². The Balaban J connectivity index is 2.19. The molecule has 4 N–H and O–H groups in total. The molecule has 0 spiro atoms. The first-order valence-electron chi connectivity index (χ1n) is 9.36. The summed E-state index contributed by atoms with van der Waals surface area (Å²) in [6.45, 7) is 5.94. The van der Waals surface area contributed by atoms with Crippen LogP contribution in [0.25, 0.3) is 10.9 Å². The summed E-state index contributed by atoms with van der Waals surface area (Å²) in [4.78, 5) is 33.8. The average molecular weight is 409 g/mol. The number of carbonyl (C=O) groups excluding carboxylic acids is 2. The highest BCUT2D eigenvalue weighted by molar-refractivity contribution is 6.45. The van der Waals surface area contributed by atoms with Gasteiger partial charge in [0.1, 0.15) is 5.75 Å². The molecule has 1 aliphatic rings. The van der Waals surface area contributed by atoms with E-state index < -0.39 is 18.0 Å². The number of nitrogens with zero attached hydrogens (tertiary/aromatic N) is 1. The van der Waals surface area contributed by atoms with Crippen molar-refractivity contribution in [3.05, 3.63) is 64.7 Å². The molecule has 3 rings (SSSR count). The van der Waals surface area contributed by atoms with Gasteiger partial charge in [0, 0.05) is 18.2 Å². The number of amides is 1. The smallest absolute Gasteiger partial charge is 0.289 e. The Labute approximate surface area is 173 Å². The number of hydrogen-bond acceptors (Lipinski definition) is 6. The van der Waals surface area contributed by atoms with Gasteiger partial charge in [0.05, 0.1) is 16.5 Å². The van der Waals surface area contributed by atoms with Gasteiger partial charge >= 0.3 is 0 Å². The molecule has 0 saturated carbocycles. The van der Waals surface area contributed by atoms with Crippen LogP contribution < -0.4 is 16.4 Å². The molecule has 0 fully saturated rings. The first kappa shape index (κ1) is 21.3.